The van der Waals surface area contributed by atoms with E-state index in [1.165, 1.54) is 11.1 Å². The van der Waals surface area contributed by atoms with Crippen LogP contribution in [0.3, 0.4) is 0 Å². The molecule has 16 heavy (non-hydrogen) atoms. The molecule has 1 unspecified atom stereocenters. The van der Waals surface area contributed by atoms with Gasteiger partial charge < -0.3 is 0 Å². The van der Waals surface area contributed by atoms with E-state index in [4.69, 9.17) is 18.0 Å². The molecular weight excluding hydrogens is 218 g/mol. The molecule has 0 amide bonds. The Kier molecular flexibility index (Phi) is 2.97. The van der Waals surface area contributed by atoms with E-state index in [-0.39, 0.29) is 5.54 Å². The summed E-state index contributed by atoms with van der Waals surface area (Å²) in [6.07, 6.45) is 7.67. The molecule has 0 saturated heterocycles. The highest BCUT2D eigenvalue weighted by atomic mass is 35.5. The molecule has 0 bridgehead atoms. The van der Waals surface area contributed by atoms with E-state index in [0.29, 0.717) is 6.04 Å². The molecule has 0 spiro atoms. The Hall–Kier alpha value is -0.970. The maximum absolute atomic E-state index is 5.98. The van der Waals surface area contributed by atoms with Crippen molar-refractivity contribution in [3.8, 4) is 12.3 Å². The molecule has 0 aromatic heterocycles. The monoisotopic (exact) mass is 233 g/mol. The topological polar surface area (TPSA) is 12.0 Å². The first-order valence-corrected chi connectivity index (χ1v) is 5.93. The van der Waals surface area contributed by atoms with Gasteiger partial charge >= 0.3 is 0 Å². The Morgan fingerprint density at radius 3 is 2.94 bits per heavy atom. The zero-order valence-electron chi connectivity index (χ0n) is 9.68. The van der Waals surface area contributed by atoms with Gasteiger partial charge in [-0.2, -0.15) is 0 Å². The predicted molar refractivity (Wildman–Crippen MR) is 68.6 cm³/mol. The third kappa shape index (κ3) is 2.24. The Labute approximate surface area is 102 Å². The minimum Gasteiger partial charge on any atom is -0.295 e. The highest BCUT2D eigenvalue weighted by molar-refractivity contribution is 6.30. The fourth-order valence-electron chi connectivity index (χ4n) is 2.21. The fraction of sp³-hybridized carbons (Fsp3) is 0.429. The number of terminal acetylenes is 1. The number of aryl methyl sites for hydroxylation is 1. The van der Waals surface area contributed by atoms with Crippen molar-refractivity contribution >= 4 is 11.6 Å². The van der Waals surface area contributed by atoms with Crippen LogP contribution in [0.1, 0.15) is 37.4 Å². The maximum atomic E-state index is 5.98. The van der Waals surface area contributed by atoms with Crippen molar-refractivity contribution < 1.29 is 0 Å². The lowest BCUT2D eigenvalue weighted by molar-refractivity contribution is 0.410. The minimum atomic E-state index is -0.258. The number of halogens is 1. The first-order valence-electron chi connectivity index (χ1n) is 5.55. The summed E-state index contributed by atoms with van der Waals surface area (Å²) >= 11 is 5.98. The average molecular weight is 234 g/mol. The molecule has 0 radical (unpaired) electrons. The fourth-order valence-corrected chi connectivity index (χ4v) is 2.41. The number of rotatable bonds is 2. The molecule has 0 saturated carbocycles. The van der Waals surface area contributed by atoms with Gasteiger partial charge in [0.15, 0.2) is 0 Å². The molecule has 1 aromatic rings. The van der Waals surface area contributed by atoms with Crippen LogP contribution in [-0.2, 0) is 6.42 Å². The van der Waals surface area contributed by atoms with E-state index in [1.54, 1.807) is 0 Å². The number of hydrogen-bond acceptors (Lipinski definition) is 1. The molecule has 1 aliphatic rings. The summed E-state index contributed by atoms with van der Waals surface area (Å²) in [6, 6.07) is 6.47. The molecule has 0 heterocycles. The van der Waals surface area contributed by atoms with E-state index in [2.05, 4.69) is 23.4 Å². The molecule has 0 aliphatic heterocycles. The van der Waals surface area contributed by atoms with Crippen molar-refractivity contribution in [3.05, 3.63) is 34.3 Å². The van der Waals surface area contributed by atoms with Crippen LogP contribution in [0.5, 0.6) is 0 Å². The largest absolute Gasteiger partial charge is 0.295 e. The van der Waals surface area contributed by atoms with E-state index < -0.39 is 0 Å². The molecule has 2 rings (SSSR count). The van der Waals surface area contributed by atoms with Gasteiger partial charge in [0.2, 0.25) is 0 Å². The van der Waals surface area contributed by atoms with Crippen molar-refractivity contribution in [2.75, 3.05) is 0 Å². The van der Waals surface area contributed by atoms with E-state index in [9.17, 15) is 0 Å². The van der Waals surface area contributed by atoms with Crippen LogP contribution in [-0.4, -0.2) is 5.54 Å². The lowest BCUT2D eigenvalue weighted by Gasteiger charge is -2.25. The SMILES string of the molecule is C#CC(C)(C)NC1CCc2cc(Cl)ccc21. The Morgan fingerprint density at radius 2 is 2.25 bits per heavy atom. The Balaban J connectivity index is 2.22. The highest BCUT2D eigenvalue weighted by Gasteiger charge is 2.27. The van der Waals surface area contributed by atoms with Crippen molar-refractivity contribution in [2.45, 2.75) is 38.3 Å². The summed E-state index contributed by atoms with van der Waals surface area (Å²) in [5.41, 5.74) is 2.43. The van der Waals surface area contributed by atoms with Crippen LogP contribution in [0, 0.1) is 12.3 Å². The highest BCUT2D eigenvalue weighted by Crippen LogP contribution is 2.33. The van der Waals surface area contributed by atoms with Gasteiger partial charge in [0.25, 0.3) is 0 Å². The van der Waals surface area contributed by atoms with Gasteiger partial charge in [-0.05, 0) is 49.9 Å². The predicted octanol–water partition coefficient (Wildman–Crippen LogP) is 3.33. The van der Waals surface area contributed by atoms with Crippen molar-refractivity contribution in [3.63, 3.8) is 0 Å². The lowest BCUT2D eigenvalue weighted by Crippen LogP contribution is -2.39. The van der Waals surface area contributed by atoms with E-state index in [0.717, 1.165) is 17.9 Å². The van der Waals surface area contributed by atoms with Crippen molar-refractivity contribution in [2.24, 2.45) is 0 Å². The van der Waals surface area contributed by atoms with Gasteiger partial charge in [0.05, 0.1) is 5.54 Å². The molecule has 1 aliphatic carbocycles. The summed E-state index contributed by atoms with van der Waals surface area (Å²) in [7, 11) is 0. The van der Waals surface area contributed by atoms with Crippen LogP contribution in [0.2, 0.25) is 5.02 Å². The third-order valence-electron chi connectivity index (χ3n) is 3.08. The third-order valence-corrected chi connectivity index (χ3v) is 3.31. The van der Waals surface area contributed by atoms with Gasteiger partial charge in [0, 0.05) is 11.1 Å². The second kappa shape index (κ2) is 4.13. The van der Waals surface area contributed by atoms with Crippen LogP contribution in [0.15, 0.2) is 18.2 Å². The summed E-state index contributed by atoms with van der Waals surface area (Å²) < 4.78 is 0. The second-order valence-electron chi connectivity index (χ2n) is 4.85. The smallest absolute Gasteiger partial charge is 0.0746 e. The summed E-state index contributed by atoms with van der Waals surface area (Å²) in [5.74, 6) is 2.77. The summed E-state index contributed by atoms with van der Waals surface area (Å²) in [5, 5.41) is 4.32. The number of fused-ring (bicyclic) bond motifs is 1. The Morgan fingerprint density at radius 1 is 1.50 bits per heavy atom. The second-order valence-corrected chi connectivity index (χ2v) is 5.28. The molecule has 1 atom stereocenters. The molecule has 2 heteroatoms. The van der Waals surface area contributed by atoms with Crippen LogP contribution < -0.4 is 5.32 Å². The van der Waals surface area contributed by atoms with Crippen LogP contribution in [0.4, 0.5) is 0 Å². The Bertz CT molecular complexity index is 443. The zero-order chi connectivity index (χ0) is 11.8. The van der Waals surface area contributed by atoms with E-state index in [1.807, 2.05) is 19.9 Å². The molecule has 0 fully saturated rings. The number of benzene rings is 1. The maximum Gasteiger partial charge on any atom is 0.0746 e. The van der Waals surface area contributed by atoms with Crippen LogP contribution >= 0.6 is 11.6 Å². The molecule has 1 aromatic carbocycles. The molecule has 84 valence electrons. The lowest BCUT2D eigenvalue weighted by atomic mass is 10.0. The normalized spacial score (nSPS) is 19.2. The van der Waals surface area contributed by atoms with Gasteiger partial charge in [-0.1, -0.05) is 23.6 Å². The van der Waals surface area contributed by atoms with E-state index >= 15 is 0 Å². The zero-order valence-corrected chi connectivity index (χ0v) is 10.4. The number of nitrogens with one attached hydrogen (secondary N) is 1. The first kappa shape index (κ1) is 11.5. The quantitative estimate of drug-likeness (QED) is 0.773. The standard InChI is InChI=1S/C14H16ClN/c1-4-14(2,3)16-13-8-5-10-9-11(15)6-7-12(10)13/h1,6-7,9,13,16H,5,8H2,2-3H3. The average Bonchev–Trinajstić information content (AvgIpc) is 2.60. The molecular formula is C14H16ClN. The van der Waals surface area contributed by atoms with Gasteiger partial charge in [-0.25, -0.2) is 0 Å². The van der Waals surface area contributed by atoms with Gasteiger partial charge in [-0.15, -0.1) is 6.42 Å². The van der Waals surface area contributed by atoms with Gasteiger partial charge in [-0.3, -0.25) is 5.32 Å². The summed E-state index contributed by atoms with van der Waals surface area (Å²) in [6.45, 7) is 4.06. The van der Waals surface area contributed by atoms with Gasteiger partial charge in [0.1, 0.15) is 0 Å². The van der Waals surface area contributed by atoms with Crippen molar-refractivity contribution in [1.82, 2.24) is 5.32 Å². The van der Waals surface area contributed by atoms with Crippen LogP contribution in [0.25, 0.3) is 0 Å². The first-order chi connectivity index (χ1) is 7.52. The molecule has 1 N–H and O–H groups in total. The minimum absolute atomic E-state index is 0.258. The molecule has 1 nitrogen and oxygen atoms in total. The number of hydrogen-bond donors (Lipinski definition) is 1. The summed E-state index contributed by atoms with van der Waals surface area (Å²) in [4.78, 5) is 0. The van der Waals surface area contributed by atoms with Crippen molar-refractivity contribution in [1.29, 1.82) is 0 Å².